The van der Waals surface area contributed by atoms with Crippen molar-refractivity contribution in [2.24, 2.45) is 5.92 Å². The molecule has 1 amide bonds. The molecule has 1 N–H and O–H groups in total. The molecule has 0 bridgehead atoms. The first-order valence-electron chi connectivity index (χ1n) is 12.6. The highest BCUT2D eigenvalue weighted by atomic mass is 32.2. The number of sulfonamides is 1. The molecule has 1 aliphatic heterocycles. The van der Waals surface area contributed by atoms with E-state index in [0.29, 0.717) is 44.0 Å². The van der Waals surface area contributed by atoms with Gasteiger partial charge in [0.2, 0.25) is 15.9 Å². The fraction of sp³-hybridized carbons (Fsp3) is 0.538. The van der Waals surface area contributed by atoms with E-state index in [9.17, 15) is 13.2 Å². The maximum atomic E-state index is 13.5. The van der Waals surface area contributed by atoms with Gasteiger partial charge in [-0.3, -0.25) is 4.79 Å². The van der Waals surface area contributed by atoms with Crippen LogP contribution in [0.2, 0.25) is 0 Å². The number of aromatic nitrogens is 1. The summed E-state index contributed by atoms with van der Waals surface area (Å²) in [6.07, 6.45) is 10.0. The van der Waals surface area contributed by atoms with E-state index in [4.69, 9.17) is 9.26 Å². The summed E-state index contributed by atoms with van der Waals surface area (Å²) in [4.78, 5) is 12.8. The van der Waals surface area contributed by atoms with Crippen molar-refractivity contribution in [1.82, 2.24) is 14.8 Å². The Labute approximate surface area is 207 Å². The van der Waals surface area contributed by atoms with Crippen LogP contribution >= 0.6 is 0 Å². The number of rotatable bonds is 8. The average molecular weight is 502 g/mol. The zero-order valence-corrected chi connectivity index (χ0v) is 21.4. The third-order valence-corrected chi connectivity index (χ3v) is 8.90. The molecule has 2 aromatic rings. The molecule has 1 saturated carbocycles. The van der Waals surface area contributed by atoms with Crippen LogP contribution in [0.1, 0.15) is 68.9 Å². The molecular formula is C26H35N3O5S. The average Bonchev–Trinajstić information content (AvgIpc) is 3.25. The first-order chi connectivity index (χ1) is 16.9. The smallest absolute Gasteiger partial charge is 0.248 e. The molecule has 0 spiro atoms. The van der Waals surface area contributed by atoms with Crippen molar-refractivity contribution >= 4 is 28.1 Å². The summed E-state index contributed by atoms with van der Waals surface area (Å²) in [5.74, 6) is 0.805. The molecule has 1 aromatic heterocycles. The first kappa shape index (κ1) is 25.4. The molecule has 0 unspecified atom stereocenters. The molecule has 2 aliphatic rings. The number of ether oxygens (including phenoxy) is 1. The van der Waals surface area contributed by atoms with E-state index >= 15 is 0 Å². The lowest BCUT2D eigenvalue weighted by Gasteiger charge is -2.32. The van der Waals surface area contributed by atoms with Crippen LogP contribution in [0.3, 0.4) is 0 Å². The molecule has 9 heteroatoms. The molecule has 0 atom stereocenters. The minimum atomic E-state index is -3.82. The van der Waals surface area contributed by atoms with Crippen molar-refractivity contribution < 1.29 is 22.5 Å². The van der Waals surface area contributed by atoms with Crippen molar-refractivity contribution in [3.63, 3.8) is 0 Å². The molecule has 0 radical (unpaired) electrons. The Hall–Kier alpha value is -2.65. The topological polar surface area (TPSA) is 102 Å². The Morgan fingerprint density at radius 2 is 1.86 bits per heavy atom. The van der Waals surface area contributed by atoms with E-state index in [2.05, 4.69) is 10.5 Å². The summed E-state index contributed by atoms with van der Waals surface area (Å²) < 4.78 is 39.5. The Morgan fingerprint density at radius 1 is 1.14 bits per heavy atom. The molecule has 1 saturated heterocycles. The number of hydrogen-bond acceptors (Lipinski definition) is 6. The van der Waals surface area contributed by atoms with Crippen LogP contribution in [0, 0.1) is 12.8 Å². The fourth-order valence-corrected chi connectivity index (χ4v) is 6.64. The summed E-state index contributed by atoms with van der Waals surface area (Å²) in [7, 11) is -3.82. The number of benzene rings is 1. The molecule has 190 valence electrons. The maximum absolute atomic E-state index is 13.5. The van der Waals surface area contributed by atoms with Crippen LogP contribution in [-0.4, -0.2) is 49.5 Å². The zero-order valence-electron chi connectivity index (χ0n) is 20.5. The minimum absolute atomic E-state index is 0.0618. The molecule has 8 nitrogen and oxygen atoms in total. The summed E-state index contributed by atoms with van der Waals surface area (Å²) in [5.41, 5.74) is 1.14. The molecule has 2 heterocycles. The van der Waals surface area contributed by atoms with Crippen molar-refractivity contribution in [1.29, 1.82) is 0 Å². The molecule has 2 fully saturated rings. The number of nitrogens with zero attached hydrogens (tertiary/aromatic N) is 2. The van der Waals surface area contributed by atoms with Crippen molar-refractivity contribution in [2.45, 2.75) is 69.7 Å². The monoisotopic (exact) mass is 501 g/mol. The molecule has 4 rings (SSSR count). The standard InChI is InChI=1S/C26H35N3O5S/c1-3-33-23-12-8-7-9-20(23)13-14-24-25(19(2)28-34-24)35(31,32)29-17-15-21(16-18-29)26(30)27-22-10-5-4-6-11-22/h7-9,12-14,21-22H,3-6,10-11,15-18H2,1-2H3,(H,27,30). The number of aryl methyl sites for hydroxylation is 1. The SMILES string of the molecule is CCOc1ccccc1C=Cc1onc(C)c1S(=O)(=O)N1CCC(C(=O)NC2CCCCC2)CC1. The lowest BCUT2D eigenvalue weighted by molar-refractivity contribution is -0.127. The zero-order chi connectivity index (χ0) is 24.8. The normalized spacial score (nSPS) is 18.7. The summed E-state index contributed by atoms with van der Waals surface area (Å²) in [6, 6.07) is 7.79. The Kier molecular flexibility index (Phi) is 8.28. The second-order valence-electron chi connectivity index (χ2n) is 9.29. The van der Waals surface area contributed by atoms with Crippen LogP contribution in [-0.2, 0) is 14.8 Å². The highest BCUT2D eigenvalue weighted by Gasteiger charge is 2.36. The number of piperidine rings is 1. The third kappa shape index (κ3) is 5.95. The van der Waals surface area contributed by atoms with Crippen molar-refractivity contribution in [3.8, 4) is 5.75 Å². The van der Waals surface area contributed by atoms with Crippen LogP contribution in [0.15, 0.2) is 33.7 Å². The van der Waals surface area contributed by atoms with Crippen LogP contribution in [0.25, 0.3) is 12.2 Å². The molecule has 35 heavy (non-hydrogen) atoms. The number of nitrogens with one attached hydrogen (secondary N) is 1. The van der Waals surface area contributed by atoms with E-state index in [1.807, 2.05) is 31.2 Å². The minimum Gasteiger partial charge on any atom is -0.493 e. The number of carbonyl (C=O) groups excluding carboxylic acids is 1. The van der Waals surface area contributed by atoms with E-state index in [1.165, 1.54) is 10.7 Å². The molecule has 1 aromatic carbocycles. The lowest BCUT2D eigenvalue weighted by Crippen LogP contribution is -2.45. The van der Waals surface area contributed by atoms with Gasteiger partial charge in [-0.15, -0.1) is 0 Å². The summed E-state index contributed by atoms with van der Waals surface area (Å²) in [5, 5.41) is 7.11. The number of carbonyl (C=O) groups is 1. The second-order valence-corrected chi connectivity index (χ2v) is 11.2. The van der Waals surface area contributed by atoms with Gasteiger partial charge in [0.1, 0.15) is 11.4 Å². The van der Waals surface area contributed by atoms with Gasteiger partial charge in [-0.05, 0) is 57.7 Å². The predicted molar refractivity (Wildman–Crippen MR) is 134 cm³/mol. The molecular weight excluding hydrogens is 466 g/mol. The Balaban J connectivity index is 1.44. The first-order valence-corrected chi connectivity index (χ1v) is 14.0. The largest absolute Gasteiger partial charge is 0.493 e. The van der Waals surface area contributed by atoms with Gasteiger partial charge >= 0.3 is 0 Å². The lowest BCUT2D eigenvalue weighted by atomic mass is 9.93. The maximum Gasteiger partial charge on any atom is 0.248 e. The van der Waals surface area contributed by atoms with Gasteiger partial charge in [0.05, 0.1) is 6.61 Å². The van der Waals surface area contributed by atoms with Gasteiger partial charge in [0.15, 0.2) is 10.7 Å². The Morgan fingerprint density at radius 3 is 2.57 bits per heavy atom. The molecule has 1 aliphatic carbocycles. The van der Waals surface area contributed by atoms with Crippen LogP contribution in [0.4, 0.5) is 0 Å². The van der Waals surface area contributed by atoms with Crippen LogP contribution in [0.5, 0.6) is 5.75 Å². The van der Waals surface area contributed by atoms with Gasteiger partial charge in [-0.1, -0.05) is 42.6 Å². The number of hydrogen-bond donors (Lipinski definition) is 1. The number of para-hydroxylation sites is 1. The third-order valence-electron chi connectivity index (χ3n) is 6.84. The van der Waals surface area contributed by atoms with Gasteiger partial charge in [0, 0.05) is 30.6 Å². The van der Waals surface area contributed by atoms with E-state index in [-0.39, 0.29) is 28.5 Å². The highest BCUT2D eigenvalue weighted by Crippen LogP contribution is 2.30. The van der Waals surface area contributed by atoms with E-state index in [0.717, 1.165) is 31.2 Å². The quantitative estimate of drug-likeness (QED) is 0.575. The Bertz CT molecular complexity index is 1140. The van der Waals surface area contributed by atoms with Gasteiger partial charge < -0.3 is 14.6 Å². The van der Waals surface area contributed by atoms with Crippen molar-refractivity contribution in [2.75, 3.05) is 19.7 Å². The fourth-order valence-electron chi connectivity index (χ4n) is 4.92. The van der Waals surface area contributed by atoms with Crippen LogP contribution < -0.4 is 10.1 Å². The van der Waals surface area contributed by atoms with Gasteiger partial charge in [-0.25, -0.2) is 8.42 Å². The summed E-state index contributed by atoms with van der Waals surface area (Å²) in [6.45, 7) is 4.67. The second kappa shape index (κ2) is 11.4. The highest BCUT2D eigenvalue weighted by molar-refractivity contribution is 7.89. The predicted octanol–water partition coefficient (Wildman–Crippen LogP) is 4.40. The van der Waals surface area contributed by atoms with E-state index < -0.39 is 10.0 Å². The van der Waals surface area contributed by atoms with Gasteiger partial charge in [0.25, 0.3) is 0 Å². The number of amides is 1. The van der Waals surface area contributed by atoms with Crippen molar-refractivity contribution in [3.05, 3.63) is 41.3 Å². The van der Waals surface area contributed by atoms with Gasteiger partial charge in [-0.2, -0.15) is 4.31 Å². The summed E-state index contributed by atoms with van der Waals surface area (Å²) >= 11 is 0. The van der Waals surface area contributed by atoms with E-state index in [1.54, 1.807) is 19.1 Å².